The van der Waals surface area contributed by atoms with Gasteiger partial charge in [0.1, 0.15) is 11.8 Å². The summed E-state index contributed by atoms with van der Waals surface area (Å²) in [6, 6.07) is 12.1. The Morgan fingerprint density at radius 2 is 1.71 bits per heavy atom. The van der Waals surface area contributed by atoms with Crippen LogP contribution in [0.5, 0.6) is 5.75 Å². The summed E-state index contributed by atoms with van der Waals surface area (Å²) in [5.74, 6) is -1.26. The molecule has 8 nitrogen and oxygen atoms in total. The Morgan fingerprint density at radius 1 is 0.978 bits per heavy atom. The number of aliphatic hydroxyl groups is 1. The van der Waals surface area contributed by atoms with Crippen molar-refractivity contribution in [1.29, 1.82) is 0 Å². The molecule has 0 saturated carbocycles. The van der Waals surface area contributed by atoms with Crippen LogP contribution in [0, 0.1) is 31.6 Å². The lowest BCUT2D eigenvalue weighted by molar-refractivity contribution is -0.142. The molecular weight excluding hydrogens is 586 g/mol. The Morgan fingerprint density at radius 3 is 2.40 bits per heavy atom. The van der Waals surface area contributed by atoms with E-state index in [1.165, 1.54) is 0 Å². The molecule has 238 valence electrons. The number of ether oxygens (including phenoxy) is 1. The molecule has 7 atom stereocenters. The summed E-state index contributed by atoms with van der Waals surface area (Å²) in [6.45, 7) is 11.0. The molecule has 1 spiro atoms. The number of rotatable bonds is 8. The first kappa shape index (κ1) is 31.4. The number of carbonyl (C=O) groups excluding carboxylic acids is 3. The molecule has 4 aliphatic heterocycles. The lowest BCUT2D eigenvalue weighted by Gasteiger charge is -2.40. The Hall–Kier alpha value is -3.56. The van der Waals surface area contributed by atoms with E-state index >= 15 is 0 Å². The molecule has 4 aliphatic rings. The molecule has 2 fully saturated rings. The third kappa shape index (κ3) is 5.08. The number of benzene rings is 2. The van der Waals surface area contributed by atoms with Gasteiger partial charge in [-0.1, -0.05) is 56.7 Å². The van der Waals surface area contributed by atoms with Gasteiger partial charge in [0.05, 0.1) is 35.8 Å². The number of thioether (sulfide) groups is 1. The number of fused-ring (bicyclic) bond motifs is 2. The smallest absolute Gasteiger partial charge is 0.251 e. The van der Waals surface area contributed by atoms with Crippen molar-refractivity contribution in [3.8, 4) is 5.75 Å². The third-order valence-electron chi connectivity index (χ3n) is 10.1. The molecule has 1 unspecified atom stereocenters. The fourth-order valence-electron chi connectivity index (χ4n) is 7.60. The highest BCUT2D eigenvalue weighted by molar-refractivity contribution is 8.02. The van der Waals surface area contributed by atoms with E-state index in [1.54, 1.807) is 26.5 Å². The molecular formula is C36H43N3O5S. The monoisotopic (exact) mass is 629 g/mol. The van der Waals surface area contributed by atoms with Gasteiger partial charge in [0.2, 0.25) is 11.8 Å². The van der Waals surface area contributed by atoms with Gasteiger partial charge < -0.3 is 24.5 Å². The highest BCUT2D eigenvalue weighted by atomic mass is 32.2. The van der Waals surface area contributed by atoms with Gasteiger partial charge in [-0.15, -0.1) is 11.8 Å². The van der Waals surface area contributed by atoms with E-state index in [0.29, 0.717) is 19.7 Å². The zero-order chi connectivity index (χ0) is 32.0. The lowest BCUT2D eigenvalue weighted by atomic mass is 9.78. The van der Waals surface area contributed by atoms with Gasteiger partial charge >= 0.3 is 0 Å². The SMILES string of the molecule is CCOc1ccc(N2CC=C[C@H]3S[C@]45C=CCN(c6cc(C)ccc6C)C(=O)C4N([C@@H](CO)[C@@H](C)CC)C(=O)[C@@H]5[C@H]3C2=O)cc1. The van der Waals surface area contributed by atoms with E-state index in [4.69, 9.17) is 4.74 Å². The molecule has 45 heavy (non-hydrogen) atoms. The Bertz CT molecular complexity index is 1540. The van der Waals surface area contributed by atoms with Crippen LogP contribution >= 0.6 is 11.8 Å². The van der Waals surface area contributed by atoms with E-state index in [1.807, 2.05) is 101 Å². The molecule has 4 heterocycles. The second-order valence-electron chi connectivity index (χ2n) is 12.7. The van der Waals surface area contributed by atoms with Crippen molar-refractivity contribution in [3.05, 3.63) is 77.9 Å². The van der Waals surface area contributed by atoms with E-state index in [2.05, 4.69) is 0 Å². The first-order chi connectivity index (χ1) is 21.7. The summed E-state index contributed by atoms with van der Waals surface area (Å²) in [6.07, 6.45) is 8.82. The van der Waals surface area contributed by atoms with Gasteiger partial charge in [-0.3, -0.25) is 14.4 Å². The predicted octanol–water partition coefficient (Wildman–Crippen LogP) is 4.91. The molecule has 1 N–H and O–H groups in total. The van der Waals surface area contributed by atoms with E-state index < -0.39 is 28.7 Å². The standard InChI is InChI=1S/C36H43N3O5S/c1-6-23(4)28(21-40)39-32-35(43)38(27-20-22(3)11-12-24(27)5)19-9-17-36(32)31(34(39)42)30-29(45-36)10-8-18-37(33(30)41)25-13-15-26(16-14-25)44-7-2/h8-17,20,23,28-32,40H,6-7,18-19,21H2,1-5H3/t23-,28-,29+,30-,31-,32?,36-/m0/s1. The predicted molar refractivity (Wildman–Crippen MR) is 179 cm³/mol. The molecule has 0 aliphatic carbocycles. The highest BCUT2D eigenvalue weighted by Crippen LogP contribution is 2.62. The minimum absolute atomic E-state index is 0.0464. The summed E-state index contributed by atoms with van der Waals surface area (Å²) < 4.78 is 4.65. The maximum Gasteiger partial charge on any atom is 0.251 e. The summed E-state index contributed by atoms with van der Waals surface area (Å²) in [7, 11) is 0. The minimum Gasteiger partial charge on any atom is -0.494 e. The average molecular weight is 630 g/mol. The van der Waals surface area contributed by atoms with Crippen LogP contribution in [0.1, 0.15) is 38.3 Å². The molecule has 2 aromatic carbocycles. The summed E-state index contributed by atoms with van der Waals surface area (Å²) in [5, 5.41) is 10.4. The van der Waals surface area contributed by atoms with Crippen LogP contribution in [0.4, 0.5) is 11.4 Å². The lowest BCUT2D eigenvalue weighted by Crippen LogP contribution is -2.58. The fraction of sp³-hybridized carbons (Fsp3) is 0.472. The fourth-order valence-corrected chi connectivity index (χ4v) is 9.59. The van der Waals surface area contributed by atoms with Crippen molar-refractivity contribution in [2.75, 3.05) is 36.1 Å². The number of likely N-dealkylation sites (tertiary alicyclic amines) is 1. The maximum absolute atomic E-state index is 14.9. The first-order valence-electron chi connectivity index (χ1n) is 16.0. The van der Waals surface area contributed by atoms with Crippen molar-refractivity contribution in [3.63, 3.8) is 0 Å². The largest absolute Gasteiger partial charge is 0.494 e. The first-order valence-corrected chi connectivity index (χ1v) is 16.9. The zero-order valence-corrected chi connectivity index (χ0v) is 27.5. The van der Waals surface area contributed by atoms with Gasteiger partial charge in [-0.05, 0) is 68.1 Å². The normalized spacial score (nSPS) is 28.8. The van der Waals surface area contributed by atoms with Crippen LogP contribution in [0.15, 0.2) is 66.8 Å². The second kappa shape index (κ2) is 12.3. The van der Waals surface area contributed by atoms with E-state index in [-0.39, 0.29) is 35.5 Å². The Labute approximate surface area is 270 Å². The molecule has 3 amide bonds. The number of hydrogen-bond acceptors (Lipinski definition) is 6. The average Bonchev–Trinajstić information content (AvgIpc) is 3.35. The molecule has 2 aromatic rings. The van der Waals surface area contributed by atoms with Crippen LogP contribution in [0.3, 0.4) is 0 Å². The van der Waals surface area contributed by atoms with Crippen molar-refractivity contribution in [2.45, 2.75) is 63.1 Å². The number of amides is 3. The summed E-state index contributed by atoms with van der Waals surface area (Å²) in [4.78, 5) is 49.5. The number of carbonyl (C=O) groups is 3. The van der Waals surface area contributed by atoms with Gasteiger partial charge in [-0.2, -0.15) is 0 Å². The van der Waals surface area contributed by atoms with E-state index in [0.717, 1.165) is 34.7 Å². The van der Waals surface area contributed by atoms with Gasteiger partial charge in [0.25, 0.3) is 5.91 Å². The summed E-state index contributed by atoms with van der Waals surface area (Å²) in [5.41, 5.74) is 3.57. The van der Waals surface area contributed by atoms with Crippen molar-refractivity contribution in [2.24, 2.45) is 17.8 Å². The van der Waals surface area contributed by atoms with Crippen molar-refractivity contribution >= 4 is 40.9 Å². The minimum atomic E-state index is -0.960. The number of hydrogen-bond donors (Lipinski definition) is 1. The third-order valence-corrected chi connectivity index (χ3v) is 11.8. The van der Waals surface area contributed by atoms with Crippen LogP contribution < -0.4 is 14.5 Å². The molecule has 0 bridgehead atoms. The quantitative estimate of drug-likeness (QED) is 0.418. The van der Waals surface area contributed by atoms with Gasteiger partial charge in [0.15, 0.2) is 0 Å². The zero-order valence-electron chi connectivity index (χ0n) is 26.7. The van der Waals surface area contributed by atoms with Gasteiger partial charge in [0, 0.05) is 29.7 Å². The van der Waals surface area contributed by atoms with Crippen molar-refractivity contribution < 1.29 is 24.2 Å². The molecule has 2 saturated heterocycles. The number of aryl methyl sites for hydroxylation is 2. The Kier molecular flexibility index (Phi) is 8.61. The molecule has 0 radical (unpaired) electrons. The molecule has 0 aromatic heterocycles. The number of anilines is 2. The maximum atomic E-state index is 14.9. The number of aliphatic hydroxyl groups excluding tert-OH is 1. The number of nitrogens with zero attached hydrogens (tertiary/aromatic N) is 3. The highest BCUT2D eigenvalue weighted by Gasteiger charge is 2.72. The molecule has 9 heteroatoms. The summed E-state index contributed by atoms with van der Waals surface area (Å²) >= 11 is 1.56. The van der Waals surface area contributed by atoms with Crippen LogP contribution in [-0.2, 0) is 14.4 Å². The van der Waals surface area contributed by atoms with E-state index in [9.17, 15) is 19.5 Å². The second-order valence-corrected chi connectivity index (χ2v) is 14.2. The van der Waals surface area contributed by atoms with Crippen LogP contribution in [0.2, 0.25) is 0 Å². The molecule has 6 rings (SSSR count). The van der Waals surface area contributed by atoms with Crippen LogP contribution in [-0.4, -0.2) is 76.1 Å². The van der Waals surface area contributed by atoms with Crippen molar-refractivity contribution in [1.82, 2.24) is 4.90 Å². The van der Waals surface area contributed by atoms with Crippen LogP contribution in [0.25, 0.3) is 0 Å². The topological polar surface area (TPSA) is 90.4 Å². The van der Waals surface area contributed by atoms with Gasteiger partial charge in [-0.25, -0.2) is 0 Å². The Balaban J connectivity index is 1.46.